The average molecular weight is 297 g/mol. The van der Waals surface area contributed by atoms with Gasteiger partial charge in [-0.3, -0.25) is 4.79 Å². The van der Waals surface area contributed by atoms with Crippen molar-refractivity contribution in [3.8, 4) is 0 Å². The van der Waals surface area contributed by atoms with Crippen LogP contribution in [0.4, 0.5) is 5.82 Å². The molecular weight excluding hydrogens is 282 g/mol. The normalized spacial score (nSPS) is 22.2. The summed E-state index contributed by atoms with van der Waals surface area (Å²) in [4.78, 5) is 15.7. The summed E-state index contributed by atoms with van der Waals surface area (Å²) in [5, 5.41) is 0. The monoisotopic (exact) mass is 297 g/mol. The number of rotatable bonds is 3. The van der Waals surface area contributed by atoms with E-state index in [0.29, 0.717) is 31.7 Å². The number of methoxy groups -OCH3 is 1. The molecule has 20 heavy (non-hydrogen) atoms. The van der Waals surface area contributed by atoms with Crippen LogP contribution >= 0.6 is 0 Å². The highest BCUT2D eigenvalue weighted by Crippen LogP contribution is 2.32. The van der Waals surface area contributed by atoms with Crippen LogP contribution < -0.4 is 4.31 Å². The zero-order valence-electron chi connectivity index (χ0n) is 11.0. The zero-order chi connectivity index (χ0) is 14.3. The van der Waals surface area contributed by atoms with E-state index in [2.05, 4.69) is 9.72 Å². The summed E-state index contributed by atoms with van der Waals surface area (Å²) in [5.41, 5.74) is 0.909. The molecule has 3 heterocycles. The van der Waals surface area contributed by atoms with Gasteiger partial charge >= 0.3 is 16.2 Å². The number of hydrogen-bond donors (Lipinski definition) is 0. The predicted molar refractivity (Wildman–Crippen MR) is 71.3 cm³/mol. The summed E-state index contributed by atoms with van der Waals surface area (Å²) in [6, 6.07) is 2.94. The van der Waals surface area contributed by atoms with Crippen molar-refractivity contribution < 1.29 is 17.9 Å². The Morgan fingerprint density at radius 1 is 1.45 bits per heavy atom. The highest BCUT2D eigenvalue weighted by molar-refractivity contribution is 7.90. The summed E-state index contributed by atoms with van der Waals surface area (Å²) in [7, 11) is -2.45. The molecule has 0 spiro atoms. The predicted octanol–water partition coefficient (Wildman–Crippen LogP) is -0.0638. The third-order valence-corrected chi connectivity index (χ3v) is 5.65. The molecule has 1 fully saturated rings. The molecule has 0 radical (unpaired) electrons. The van der Waals surface area contributed by atoms with Gasteiger partial charge in [-0.15, -0.1) is 0 Å². The van der Waals surface area contributed by atoms with Gasteiger partial charge in [0.15, 0.2) is 0 Å². The smallest absolute Gasteiger partial charge is 0.324 e. The van der Waals surface area contributed by atoms with Crippen LogP contribution in [0.1, 0.15) is 12.0 Å². The first-order valence-corrected chi connectivity index (χ1v) is 7.76. The first-order valence-electron chi connectivity index (χ1n) is 6.37. The number of pyridine rings is 1. The van der Waals surface area contributed by atoms with Gasteiger partial charge in [0.05, 0.1) is 7.11 Å². The van der Waals surface area contributed by atoms with Gasteiger partial charge in [0, 0.05) is 19.3 Å². The Labute approximate surface area is 117 Å². The second kappa shape index (κ2) is 4.71. The van der Waals surface area contributed by atoms with E-state index in [1.165, 1.54) is 15.7 Å². The Kier molecular flexibility index (Phi) is 3.14. The molecule has 2 aliphatic heterocycles. The lowest BCUT2D eigenvalue weighted by atomic mass is 10.1. The number of ether oxygens (including phenoxy) is 1. The van der Waals surface area contributed by atoms with E-state index >= 15 is 0 Å². The maximum absolute atomic E-state index is 12.6. The fourth-order valence-corrected chi connectivity index (χ4v) is 4.35. The van der Waals surface area contributed by atoms with Gasteiger partial charge in [-0.1, -0.05) is 6.07 Å². The molecule has 1 unspecified atom stereocenters. The van der Waals surface area contributed by atoms with Crippen LogP contribution in [0.25, 0.3) is 0 Å². The minimum Gasteiger partial charge on any atom is -0.468 e. The lowest BCUT2D eigenvalue weighted by Crippen LogP contribution is -2.59. The fourth-order valence-electron chi connectivity index (χ4n) is 2.54. The molecule has 0 saturated carbocycles. The van der Waals surface area contributed by atoms with Crippen LogP contribution in [0.5, 0.6) is 0 Å². The van der Waals surface area contributed by atoms with Crippen LogP contribution in [0.15, 0.2) is 18.3 Å². The number of carbonyl (C=O) groups is 1. The molecule has 1 saturated heterocycles. The van der Waals surface area contributed by atoms with Crippen LogP contribution in [0.2, 0.25) is 0 Å². The third kappa shape index (κ3) is 1.87. The van der Waals surface area contributed by atoms with Crippen molar-refractivity contribution in [3.63, 3.8) is 0 Å². The van der Waals surface area contributed by atoms with E-state index in [9.17, 15) is 13.2 Å². The molecule has 1 aromatic heterocycles. The summed E-state index contributed by atoms with van der Waals surface area (Å²) in [6.45, 7) is 0.694. The van der Waals surface area contributed by atoms with Crippen LogP contribution in [0, 0.1) is 0 Å². The van der Waals surface area contributed by atoms with Crippen molar-refractivity contribution in [3.05, 3.63) is 23.9 Å². The largest absolute Gasteiger partial charge is 0.468 e. The van der Waals surface area contributed by atoms with E-state index in [0.717, 1.165) is 5.56 Å². The lowest BCUT2D eigenvalue weighted by Gasteiger charge is -2.39. The van der Waals surface area contributed by atoms with Crippen molar-refractivity contribution in [2.75, 3.05) is 24.5 Å². The van der Waals surface area contributed by atoms with Gasteiger partial charge in [-0.2, -0.15) is 12.7 Å². The molecule has 7 nitrogen and oxygen atoms in total. The van der Waals surface area contributed by atoms with Crippen molar-refractivity contribution in [1.82, 2.24) is 9.29 Å². The number of anilines is 1. The fraction of sp³-hybridized carbons (Fsp3) is 0.500. The minimum atomic E-state index is -3.72. The number of nitrogens with zero attached hydrogens (tertiary/aromatic N) is 3. The quantitative estimate of drug-likeness (QED) is 0.730. The molecule has 1 atom stereocenters. The number of carbonyl (C=O) groups excluding carboxylic acids is 1. The second-order valence-corrected chi connectivity index (χ2v) is 6.56. The van der Waals surface area contributed by atoms with E-state index in [1.807, 2.05) is 6.07 Å². The van der Waals surface area contributed by atoms with Gasteiger partial charge in [0.25, 0.3) is 0 Å². The SMILES string of the molecule is COC(=O)C1CCN1S(=O)(=O)N1CCc2cccnc21. The number of hydrogen-bond acceptors (Lipinski definition) is 5. The Hall–Kier alpha value is -1.67. The molecule has 0 N–H and O–H groups in total. The van der Waals surface area contributed by atoms with E-state index < -0.39 is 22.2 Å². The summed E-state index contributed by atoms with van der Waals surface area (Å²) in [6.07, 6.45) is 2.70. The standard InChI is InChI=1S/C12H15N3O4S/c1-19-12(16)10-5-8-14(10)20(17,18)15-7-4-9-3-2-6-13-11(9)15/h2-3,6,10H,4-5,7-8H2,1H3. The summed E-state index contributed by atoms with van der Waals surface area (Å²) < 4.78 is 32.3. The van der Waals surface area contributed by atoms with Crippen molar-refractivity contribution >= 4 is 22.0 Å². The Bertz CT molecular complexity index is 646. The van der Waals surface area contributed by atoms with Gasteiger partial charge in [-0.05, 0) is 24.5 Å². The molecule has 1 aromatic rings. The van der Waals surface area contributed by atoms with E-state index in [-0.39, 0.29) is 0 Å². The molecule has 2 aliphatic rings. The van der Waals surface area contributed by atoms with Crippen LogP contribution in [-0.2, 0) is 26.2 Å². The van der Waals surface area contributed by atoms with Crippen molar-refractivity contribution in [2.24, 2.45) is 0 Å². The molecule has 108 valence electrons. The first-order chi connectivity index (χ1) is 9.55. The Balaban J connectivity index is 1.89. The Morgan fingerprint density at radius 2 is 2.25 bits per heavy atom. The molecule has 0 aromatic carbocycles. The maximum atomic E-state index is 12.6. The Morgan fingerprint density at radius 3 is 2.90 bits per heavy atom. The van der Waals surface area contributed by atoms with Crippen LogP contribution in [0.3, 0.4) is 0 Å². The molecule has 0 amide bonds. The van der Waals surface area contributed by atoms with Crippen LogP contribution in [-0.4, -0.2) is 49.9 Å². The average Bonchev–Trinajstić information content (AvgIpc) is 2.81. The van der Waals surface area contributed by atoms with Gasteiger partial charge in [0.1, 0.15) is 11.9 Å². The summed E-state index contributed by atoms with van der Waals surface area (Å²) in [5.74, 6) is -0.0525. The topological polar surface area (TPSA) is 79.8 Å². The van der Waals surface area contributed by atoms with Gasteiger partial charge in [-0.25, -0.2) is 9.29 Å². The molecule has 3 rings (SSSR count). The second-order valence-electron chi connectivity index (χ2n) is 4.75. The van der Waals surface area contributed by atoms with Crippen molar-refractivity contribution in [1.29, 1.82) is 0 Å². The maximum Gasteiger partial charge on any atom is 0.324 e. The van der Waals surface area contributed by atoms with E-state index in [4.69, 9.17) is 0 Å². The summed E-state index contributed by atoms with van der Waals surface area (Å²) >= 11 is 0. The first kappa shape index (κ1) is 13.3. The zero-order valence-corrected chi connectivity index (χ0v) is 11.8. The molecule has 0 bridgehead atoms. The van der Waals surface area contributed by atoms with Crippen molar-refractivity contribution in [2.45, 2.75) is 18.9 Å². The number of aromatic nitrogens is 1. The minimum absolute atomic E-state index is 0.334. The highest BCUT2D eigenvalue weighted by Gasteiger charge is 2.47. The molecule has 8 heteroatoms. The highest BCUT2D eigenvalue weighted by atomic mass is 32.2. The lowest BCUT2D eigenvalue weighted by molar-refractivity contribution is -0.148. The number of fused-ring (bicyclic) bond motifs is 1. The molecule has 0 aliphatic carbocycles. The van der Waals surface area contributed by atoms with Gasteiger partial charge < -0.3 is 4.74 Å². The third-order valence-electron chi connectivity index (χ3n) is 3.71. The van der Waals surface area contributed by atoms with E-state index in [1.54, 1.807) is 12.3 Å². The number of esters is 1. The van der Waals surface area contributed by atoms with Gasteiger partial charge in [0.2, 0.25) is 0 Å². The molecular formula is C12H15N3O4S.